The van der Waals surface area contributed by atoms with E-state index >= 15 is 0 Å². The van der Waals surface area contributed by atoms with Crippen molar-refractivity contribution in [3.8, 4) is 0 Å². The van der Waals surface area contributed by atoms with E-state index in [9.17, 15) is 9.59 Å². The summed E-state index contributed by atoms with van der Waals surface area (Å²) < 4.78 is 0. The summed E-state index contributed by atoms with van der Waals surface area (Å²) in [6.07, 6.45) is 5.34. The molecule has 1 aliphatic heterocycles. The first-order valence-corrected chi connectivity index (χ1v) is 7.87. The van der Waals surface area contributed by atoms with Crippen molar-refractivity contribution in [2.24, 2.45) is 11.8 Å². The van der Waals surface area contributed by atoms with E-state index in [4.69, 9.17) is 5.11 Å². The number of carbonyl (C=O) groups is 2. The first-order valence-electron chi connectivity index (χ1n) is 7.87. The van der Waals surface area contributed by atoms with Gasteiger partial charge in [-0.25, -0.2) is 0 Å². The SMILES string of the molecule is CCCN1CCC(NC(=O)[C@@H]2CCC[C@@H]2C(=O)O)CC1. The van der Waals surface area contributed by atoms with Crippen molar-refractivity contribution in [2.75, 3.05) is 19.6 Å². The van der Waals surface area contributed by atoms with Gasteiger partial charge in [-0.15, -0.1) is 0 Å². The standard InChI is InChI=1S/C15H26N2O3/c1-2-8-17-9-6-11(7-10-17)16-14(18)12-4-3-5-13(12)15(19)20/h11-13H,2-10H2,1H3,(H,16,18)(H,19,20)/t12-,13+/m1/s1. The lowest BCUT2D eigenvalue weighted by atomic mass is 9.94. The van der Waals surface area contributed by atoms with Crippen molar-refractivity contribution in [3.05, 3.63) is 0 Å². The Balaban J connectivity index is 1.79. The number of nitrogens with zero attached hydrogens (tertiary/aromatic N) is 1. The molecule has 5 nitrogen and oxygen atoms in total. The minimum Gasteiger partial charge on any atom is -0.481 e. The van der Waals surface area contributed by atoms with Crippen LogP contribution in [0.25, 0.3) is 0 Å². The van der Waals surface area contributed by atoms with Crippen molar-refractivity contribution in [3.63, 3.8) is 0 Å². The zero-order chi connectivity index (χ0) is 14.5. The van der Waals surface area contributed by atoms with Gasteiger partial charge < -0.3 is 15.3 Å². The maximum Gasteiger partial charge on any atom is 0.307 e. The van der Waals surface area contributed by atoms with Gasteiger partial charge in [0.1, 0.15) is 0 Å². The lowest BCUT2D eigenvalue weighted by Crippen LogP contribution is -2.47. The molecule has 0 spiro atoms. The first kappa shape index (κ1) is 15.3. The Morgan fingerprint density at radius 2 is 1.80 bits per heavy atom. The molecule has 2 N–H and O–H groups in total. The summed E-state index contributed by atoms with van der Waals surface area (Å²) in [5.74, 6) is -1.65. The fourth-order valence-electron chi connectivity index (χ4n) is 3.49. The second-order valence-corrected chi connectivity index (χ2v) is 6.11. The minimum absolute atomic E-state index is 0.0381. The van der Waals surface area contributed by atoms with Gasteiger partial charge in [-0.05, 0) is 38.6 Å². The molecular formula is C15H26N2O3. The molecule has 2 fully saturated rings. The highest BCUT2D eigenvalue weighted by Crippen LogP contribution is 2.32. The summed E-state index contributed by atoms with van der Waals surface area (Å²) in [7, 11) is 0. The molecule has 0 aromatic rings. The van der Waals surface area contributed by atoms with Crippen LogP contribution >= 0.6 is 0 Å². The first-order chi connectivity index (χ1) is 9.61. The van der Waals surface area contributed by atoms with Gasteiger partial charge in [0, 0.05) is 19.1 Å². The molecule has 0 radical (unpaired) electrons. The van der Waals surface area contributed by atoms with Crippen LogP contribution in [0.3, 0.4) is 0 Å². The second kappa shape index (κ2) is 7.07. The number of likely N-dealkylation sites (tertiary alicyclic amines) is 1. The largest absolute Gasteiger partial charge is 0.481 e. The van der Waals surface area contributed by atoms with E-state index in [1.165, 1.54) is 6.42 Å². The van der Waals surface area contributed by atoms with Crippen LogP contribution in [-0.2, 0) is 9.59 Å². The average molecular weight is 282 g/mol. The van der Waals surface area contributed by atoms with E-state index in [1.807, 2.05) is 0 Å². The monoisotopic (exact) mass is 282 g/mol. The lowest BCUT2D eigenvalue weighted by Gasteiger charge is -2.32. The Kier molecular flexibility index (Phi) is 5.40. The molecule has 5 heteroatoms. The van der Waals surface area contributed by atoms with Crippen molar-refractivity contribution in [1.82, 2.24) is 10.2 Å². The van der Waals surface area contributed by atoms with Gasteiger partial charge in [-0.2, -0.15) is 0 Å². The number of rotatable bonds is 5. The smallest absolute Gasteiger partial charge is 0.307 e. The van der Waals surface area contributed by atoms with Crippen LogP contribution in [0.2, 0.25) is 0 Å². The maximum absolute atomic E-state index is 12.2. The number of nitrogens with one attached hydrogen (secondary N) is 1. The molecule has 20 heavy (non-hydrogen) atoms. The quantitative estimate of drug-likeness (QED) is 0.801. The van der Waals surface area contributed by atoms with Crippen LogP contribution in [0.1, 0.15) is 45.4 Å². The molecular weight excluding hydrogens is 256 g/mol. The molecule has 1 heterocycles. The van der Waals surface area contributed by atoms with E-state index in [0.29, 0.717) is 6.42 Å². The molecule has 1 saturated heterocycles. The van der Waals surface area contributed by atoms with Gasteiger partial charge in [0.2, 0.25) is 5.91 Å². The summed E-state index contributed by atoms with van der Waals surface area (Å²) in [6, 6.07) is 0.227. The van der Waals surface area contributed by atoms with Crippen LogP contribution in [0.5, 0.6) is 0 Å². The third-order valence-corrected chi connectivity index (χ3v) is 4.64. The molecule has 0 aromatic heterocycles. The number of aliphatic carboxylic acids is 1. The zero-order valence-corrected chi connectivity index (χ0v) is 12.3. The number of carboxylic acid groups (broad SMARTS) is 1. The summed E-state index contributed by atoms with van der Waals surface area (Å²) in [4.78, 5) is 25.8. The van der Waals surface area contributed by atoms with Gasteiger partial charge in [0.05, 0.1) is 11.8 Å². The Bertz CT molecular complexity index is 351. The third-order valence-electron chi connectivity index (χ3n) is 4.64. The average Bonchev–Trinajstić information content (AvgIpc) is 2.91. The molecule has 0 unspecified atom stereocenters. The predicted molar refractivity (Wildman–Crippen MR) is 76.4 cm³/mol. The van der Waals surface area contributed by atoms with Gasteiger partial charge in [0.15, 0.2) is 0 Å². The van der Waals surface area contributed by atoms with E-state index < -0.39 is 11.9 Å². The topological polar surface area (TPSA) is 69.6 Å². The number of carboxylic acids is 1. The van der Waals surface area contributed by atoms with Gasteiger partial charge in [-0.3, -0.25) is 9.59 Å². The minimum atomic E-state index is -0.819. The Morgan fingerprint density at radius 3 is 2.40 bits per heavy atom. The van der Waals surface area contributed by atoms with Crippen molar-refractivity contribution < 1.29 is 14.7 Å². The van der Waals surface area contributed by atoms with Gasteiger partial charge in [-0.1, -0.05) is 13.3 Å². The molecule has 2 aliphatic rings. The molecule has 2 rings (SSSR count). The van der Waals surface area contributed by atoms with Crippen LogP contribution in [0.15, 0.2) is 0 Å². The molecule has 114 valence electrons. The summed E-state index contributed by atoms with van der Waals surface area (Å²) in [6.45, 7) is 5.38. The normalized spacial score (nSPS) is 28.4. The van der Waals surface area contributed by atoms with Crippen LogP contribution < -0.4 is 5.32 Å². The highest BCUT2D eigenvalue weighted by Gasteiger charge is 2.38. The fraction of sp³-hybridized carbons (Fsp3) is 0.867. The van der Waals surface area contributed by atoms with Crippen LogP contribution in [0, 0.1) is 11.8 Å². The predicted octanol–water partition coefficient (Wildman–Crippen LogP) is 1.48. The summed E-state index contributed by atoms with van der Waals surface area (Å²) in [5, 5.41) is 12.2. The lowest BCUT2D eigenvalue weighted by molar-refractivity contribution is -0.146. The van der Waals surface area contributed by atoms with Crippen LogP contribution in [-0.4, -0.2) is 47.6 Å². The molecule has 2 atom stereocenters. The van der Waals surface area contributed by atoms with Crippen molar-refractivity contribution in [1.29, 1.82) is 0 Å². The Labute approximate surface area is 120 Å². The Morgan fingerprint density at radius 1 is 1.15 bits per heavy atom. The number of amides is 1. The molecule has 1 saturated carbocycles. The number of hydrogen-bond donors (Lipinski definition) is 2. The second-order valence-electron chi connectivity index (χ2n) is 6.11. The molecule has 1 amide bonds. The maximum atomic E-state index is 12.2. The van der Waals surface area contributed by atoms with E-state index in [-0.39, 0.29) is 17.9 Å². The molecule has 0 aromatic carbocycles. The highest BCUT2D eigenvalue weighted by atomic mass is 16.4. The highest BCUT2D eigenvalue weighted by molar-refractivity contribution is 5.85. The fourth-order valence-corrected chi connectivity index (χ4v) is 3.49. The molecule has 0 bridgehead atoms. The third kappa shape index (κ3) is 3.72. The number of hydrogen-bond acceptors (Lipinski definition) is 3. The van der Waals surface area contributed by atoms with E-state index in [2.05, 4.69) is 17.1 Å². The van der Waals surface area contributed by atoms with E-state index in [0.717, 1.165) is 45.3 Å². The van der Waals surface area contributed by atoms with Crippen molar-refractivity contribution >= 4 is 11.9 Å². The molecule has 1 aliphatic carbocycles. The summed E-state index contributed by atoms with van der Waals surface area (Å²) >= 11 is 0. The van der Waals surface area contributed by atoms with Gasteiger partial charge in [0.25, 0.3) is 0 Å². The number of carbonyl (C=O) groups excluding carboxylic acids is 1. The van der Waals surface area contributed by atoms with Crippen LogP contribution in [0.4, 0.5) is 0 Å². The van der Waals surface area contributed by atoms with Gasteiger partial charge >= 0.3 is 5.97 Å². The summed E-state index contributed by atoms with van der Waals surface area (Å²) in [5.41, 5.74) is 0. The van der Waals surface area contributed by atoms with E-state index in [1.54, 1.807) is 0 Å². The zero-order valence-electron chi connectivity index (χ0n) is 12.3. The number of piperidine rings is 1. The Hall–Kier alpha value is -1.10. The van der Waals surface area contributed by atoms with Crippen molar-refractivity contribution in [2.45, 2.75) is 51.5 Å².